The molecule has 1 N–H and O–H groups in total. The summed E-state index contributed by atoms with van der Waals surface area (Å²) < 4.78 is 39.3. The quantitative estimate of drug-likeness (QED) is 0.325. The second-order valence-electron chi connectivity index (χ2n) is 9.55. The van der Waals surface area contributed by atoms with Gasteiger partial charge >= 0.3 is 5.97 Å². The number of ether oxygens (including phenoxy) is 2. The SMILES string of the molecule is CCOC(=O)C1(c2ccc(NC(=O)CN(Cc3ccccc3)S(=O)(=O)c3ccc(OCC)c(C)c3)cc2)CC1. The Balaban J connectivity index is 1.52. The standard InChI is InChI=1S/C30H34N2O6S/c1-4-37-27-16-15-26(19-22(27)3)39(35,36)32(20-23-9-7-6-8-10-23)21-28(33)31-25-13-11-24(12-14-25)30(17-18-30)29(34)38-5-2/h6-16,19H,4-5,17-18,20-21H2,1-3H3,(H,31,33). The molecular weight excluding hydrogens is 516 g/mol. The predicted octanol–water partition coefficient (Wildman–Crippen LogP) is 4.82. The molecule has 39 heavy (non-hydrogen) atoms. The minimum absolute atomic E-state index is 0.0316. The zero-order chi connectivity index (χ0) is 28.0. The van der Waals surface area contributed by atoms with Crippen LogP contribution in [0.1, 0.15) is 43.4 Å². The normalized spacial score (nSPS) is 14.1. The Bertz CT molecular complexity index is 1420. The summed E-state index contributed by atoms with van der Waals surface area (Å²) in [7, 11) is -4.01. The zero-order valence-electron chi connectivity index (χ0n) is 22.5. The number of rotatable bonds is 12. The smallest absolute Gasteiger partial charge is 0.316 e. The van der Waals surface area contributed by atoms with Crippen LogP contribution in [0.3, 0.4) is 0 Å². The van der Waals surface area contributed by atoms with Crippen LogP contribution < -0.4 is 10.1 Å². The van der Waals surface area contributed by atoms with Crippen molar-refractivity contribution in [3.05, 3.63) is 89.5 Å². The van der Waals surface area contributed by atoms with E-state index in [-0.39, 0.29) is 24.0 Å². The molecule has 8 nitrogen and oxygen atoms in total. The highest BCUT2D eigenvalue weighted by Gasteiger charge is 2.52. The van der Waals surface area contributed by atoms with Gasteiger partial charge in [-0.1, -0.05) is 42.5 Å². The number of hydrogen-bond donors (Lipinski definition) is 1. The van der Waals surface area contributed by atoms with Gasteiger partial charge < -0.3 is 14.8 Å². The summed E-state index contributed by atoms with van der Waals surface area (Å²) >= 11 is 0. The molecule has 1 saturated carbocycles. The van der Waals surface area contributed by atoms with Crippen LogP contribution in [0.15, 0.2) is 77.7 Å². The number of esters is 1. The van der Waals surface area contributed by atoms with Crippen molar-refractivity contribution >= 4 is 27.6 Å². The first-order valence-corrected chi connectivity index (χ1v) is 14.5. The van der Waals surface area contributed by atoms with Gasteiger partial charge in [-0.3, -0.25) is 9.59 Å². The summed E-state index contributed by atoms with van der Waals surface area (Å²) in [5, 5.41) is 2.79. The molecule has 0 unspecified atom stereocenters. The second-order valence-corrected chi connectivity index (χ2v) is 11.5. The molecule has 3 aromatic carbocycles. The molecule has 206 valence electrons. The first-order chi connectivity index (χ1) is 18.7. The summed E-state index contributed by atoms with van der Waals surface area (Å²) in [5.41, 5.74) is 2.21. The van der Waals surface area contributed by atoms with Crippen molar-refractivity contribution in [2.75, 3.05) is 25.1 Å². The molecular formula is C30H34N2O6S. The average Bonchev–Trinajstić information content (AvgIpc) is 3.73. The fourth-order valence-electron chi connectivity index (χ4n) is 4.50. The Labute approximate surface area is 230 Å². The van der Waals surface area contributed by atoms with E-state index in [1.165, 1.54) is 10.4 Å². The number of carbonyl (C=O) groups excluding carboxylic acids is 2. The van der Waals surface area contributed by atoms with Crippen LogP contribution >= 0.6 is 0 Å². The first kappa shape index (κ1) is 28.3. The largest absolute Gasteiger partial charge is 0.494 e. The van der Waals surface area contributed by atoms with Crippen LogP contribution in [0.5, 0.6) is 5.75 Å². The van der Waals surface area contributed by atoms with Gasteiger partial charge in [-0.2, -0.15) is 4.31 Å². The van der Waals surface area contributed by atoms with E-state index >= 15 is 0 Å². The van der Waals surface area contributed by atoms with Gasteiger partial charge in [-0.25, -0.2) is 8.42 Å². The lowest BCUT2D eigenvalue weighted by molar-refractivity contribution is -0.146. The highest BCUT2D eigenvalue weighted by Crippen LogP contribution is 2.49. The molecule has 0 spiro atoms. The van der Waals surface area contributed by atoms with E-state index in [4.69, 9.17) is 9.47 Å². The Morgan fingerprint density at radius 2 is 1.64 bits per heavy atom. The Morgan fingerprint density at radius 1 is 0.949 bits per heavy atom. The number of sulfonamides is 1. The van der Waals surface area contributed by atoms with Crippen molar-refractivity contribution in [1.82, 2.24) is 4.31 Å². The van der Waals surface area contributed by atoms with E-state index in [2.05, 4.69) is 5.32 Å². The molecule has 1 fully saturated rings. The maximum atomic E-state index is 13.7. The van der Waals surface area contributed by atoms with Gasteiger partial charge in [-0.15, -0.1) is 0 Å². The van der Waals surface area contributed by atoms with E-state index in [1.54, 1.807) is 50.2 Å². The lowest BCUT2D eigenvalue weighted by atomic mass is 9.96. The van der Waals surface area contributed by atoms with Crippen LogP contribution in [0, 0.1) is 6.92 Å². The molecule has 0 saturated heterocycles. The second kappa shape index (κ2) is 12.0. The van der Waals surface area contributed by atoms with E-state index < -0.39 is 21.3 Å². The minimum Gasteiger partial charge on any atom is -0.494 e. The summed E-state index contributed by atoms with van der Waals surface area (Å²) in [4.78, 5) is 25.5. The van der Waals surface area contributed by atoms with E-state index in [1.807, 2.05) is 37.3 Å². The van der Waals surface area contributed by atoms with E-state index in [0.717, 1.165) is 24.0 Å². The number of hydrogen-bond acceptors (Lipinski definition) is 6. The number of nitrogens with zero attached hydrogens (tertiary/aromatic N) is 1. The number of anilines is 1. The van der Waals surface area contributed by atoms with Gasteiger partial charge in [0.2, 0.25) is 15.9 Å². The van der Waals surface area contributed by atoms with Crippen molar-refractivity contribution in [1.29, 1.82) is 0 Å². The molecule has 1 amide bonds. The molecule has 4 rings (SSSR count). The summed E-state index contributed by atoms with van der Waals surface area (Å²) in [6.45, 7) is 5.88. The van der Waals surface area contributed by atoms with E-state index in [0.29, 0.717) is 30.2 Å². The molecule has 0 heterocycles. The molecule has 0 aliphatic heterocycles. The fourth-order valence-corrected chi connectivity index (χ4v) is 5.97. The van der Waals surface area contributed by atoms with Gasteiger partial charge in [0.15, 0.2) is 0 Å². The van der Waals surface area contributed by atoms with Gasteiger partial charge in [0.25, 0.3) is 0 Å². The Morgan fingerprint density at radius 3 is 2.23 bits per heavy atom. The maximum Gasteiger partial charge on any atom is 0.316 e. The molecule has 0 atom stereocenters. The van der Waals surface area contributed by atoms with E-state index in [9.17, 15) is 18.0 Å². The molecule has 1 aliphatic carbocycles. The molecule has 0 aromatic heterocycles. The highest BCUT2D eigenvalue weighted by molar-refractivity contribution is 7.89. The van der Waals surface area contributed by atoms with Crippen molar-refractivity contribution in [3.63, 3.8) is 0 Å². The summed E-state index contributed by atoms with van der Waals surface area (Å²) in [5.74, 6) is -0.0901. The number of benzene rings is 3. The number of nitrogens with one attached hydrogen (secondary N) is 1. The molecule has 3 aromatic rings. The molecule has 0 radical (unpaired) electrons. The average molecular weight is 551 g/mol. The van der Waals surface area contributed by atoms with Gasteiger partial charge in [0, 0.05) is 12.2 Å². The monoisotopic (exact) mass is 550 g/mol. The van der Waals surface area contributed by atoms with Crippen LogP contribution in [-0.2, 0) is 36.3 Å². The van der Waals surface area contributed by atoms with Crippen molar-refractivity contribution < 1.29 is 27.5 Å². The topological polar surface area (TPSA) is 102 Å². The van der Waals surface area contributed by atoms with Gasteiger partial charge in [0.1, 0.15) is 5.75 Å². The van der Waals surface area contributed by atoms with Crippen molar-refractivity contribution in [2.24, 2.45) is 0 Å². The third kappa shape index (κ3) is 6.49. The van der Waals surface area contributed by atoms with Gasteiger partial charge in [-0.05, 0) is 80.6 Å². The third-order valence-corrected chi connectivity index (χ3v) is 8.53. The van der Waals surface area contributed by atoms with Gasteiger partial charge in [0.05, 0.1) is 30.1 Å². The molecule has 1 aliphatic rings. The number of aryl methyl sites for hydroxylation is 1. The predicted molar refractivity (Wildman–Crippen MR) is 149 cm³/mol. The number of carbonyl (C=O) groups is 2. The maximum absolute atomic E-state index is 13.7. The summed E-state index contributed by atoms with van der Waals surface area (Å²) in [6, 6.07) is 20.9. The van der Waals surface area contributed by atoms with Crippen LogP contribution in [0.2, 0.25) is 0 Å². The molecule has 9 heteroatoms. The Kier molecular flexibility index (Phi) is 8.72. The van der Waals surface area contributed by atoms with Crippen molar-refractivity contribution in [2.45, 2.75) is 50.5 Å². The van der Waals surface area contributed by atoms with Crippen molar-refractivity contribution in [3.8, 4) is 5.75 Å². The lowest BCUT2D eigenvalue weighted by Gasteiger charge is -2.23. The fraction of sp³-hybridized carbons (Fsp3) is 0.333. The first-order valence-electron chi connectivity index (χ1n) is 13.0. The highest BCUT2D eigenvalue weighted by atomic mass is 32.2. The lowest BCUT2D eigenvalue weighted by Crippen LogP contribution is -2.37. The van der Waals surface area contributed by atoms with Crippen LogP contribution in [-0.4, -0.2) is 44.4 Å². The zero-order valence-corrected chi connectivity index (χ0v) is 23.3. The van der Waals surface area contributed by atoms with Crippen LogP contribution in [0.4, 0.5) is 5.69 Å². The molecule has 0 bridgehead atoms. The summed E-state index contributed by atoms with van der Waals surface area (Å²) in [6.07, 6.45) is 1.46. The third-order valence-electron chi connectivity index (χ3n) is 6.74. The number of amides is 1. The minimum atomic E-state index is -4.01. The van der Waals surface area contributed by atoms with Crippen LogP contribution in [0.25, 0.3) is 0 Å². The Hall–Kier alpha value is -3.69.